The van der Waals surface area contributed by atoms with Gasteiger partial charge in [0.2, 0.25) is 53.2 Å². The highest BCUT2D eigenvalue weighted by molar-refractivity contribution is 7.44. The van der Waals surface area contributed by atoms with E-state index in [9.17, 15) is 91.6 Å². The lowest BCUT2D eigenvalue weighted by molar-refractivity contribution is -0.279. The van der Waals surface area contributed by atoms with E-state index >= 15 is 0 Å². The van der Waals surface area contributed by atoms with Crippen LogP contribution in [0.2, 0.25) is 0 Å². The highest BCUT2D eigenvalue weighted by Crippen LogP contribution is 2.46. The van der Waals surface area contributed by atoms with Crippen LogP contribution in [0.5, 0.6) is 0 Å². The Bertz CT molecular complexity index is 3900. The van der Waals surface area contributed by atoms with Crippen LogP contribution in [0.25, 0.3) is 0 Å². The van der Waals surface area contributed by atoms with Crippen molar-refractivity contribution < 1.29 is 200 Å². The molecule has 3 heterocycles. The summed E-state index contributed by atoms with van der Waals surface area (Å²) in [5.74, 6) is -11.2. The molecule has 3 aliphatic heterocycles. The molecule has 3 fully saturated rings. The maximum absolute atomic E-state index is 13.8. The first kappa shape index (κ1) is 130. The summed E-state index contributed by atoms with van der Waals surface area (Å²) in [6, 6.07) is -1.44. The van der Waals surface area contributed by atoms with Gasteiger partial charge < -0.3 is 161 Å². The molecule has 0 bridgehead atoms. The number of hydrogen-bond donors (Lipinski definition) is 9. The lowest BCUT2D eigenvalue weighted by Gasteiger charge is -2.44. The SMILES string of the molecule is CC(=O)NC1C(OCCOCCOCCC(=O)NCCNC(=O)CN(CCOCCOP(OCCC#N)N(C(C)C)C(C)C)CCN(CC(=O)NCCNC(=O)CCOCCOCCOC2OC(COC(C)=O)C(OC(C)=O)C(OC(C)=O)C2NC(C)=O)CC(=O)NCCNC(=O)CCOCCOCCOC2OC(COC(C)=O)C(OC(C)=O)C(OC(C)=O)C2NC(C)=O)OC(COC(C)=O)C(OC(C)=O)C1OC(C)=O. The van der Waals surface area contributed by atoms with E-state index in [1.807, 2.05) is 27.7 Å². The average molecular weight is 2120 g/mol. The average Bonchev–Trinajstić information content (AvgIpc) is 0.792. The number of nitriles is 1. The molecule has 55 nitrogen and oxygen atoms in total. The standard InChI is InChI=1S/C90H150N13O42P/c1-56(2)103(57(3)4)146(135-31-17-21-91)136-49-45-125-35-30-101(50-76(119)95-25-22-92-73(116)18-32-122-36-39-126-42-46-129-88-79(98-58(5)104)85(140-67(14)113)82(137-64(11)110)70(143-88)53-132-61(8)107)28-29-102(51-77(120)96-26-23-93-74(117)19-33-123-37-40-127-43-47-130-89-80(99-59(6)105)86(141-68(15)114)83(138-65(12)111)71(144-89)54-133-62(9)108)52-78(121)97-27-24-94-75(118)20-34-124-38-41-128-44-48-131-90-81(100-60(7)106)87(142-69(16)115)84(139-66(13)112)72(145-90)55-134-63(10)109/h56-57,70-72,79-90H,17-20,22-55H2,1-16H3,(H,92,116)(H,93,117)(H,94,118)(H,95,119)(H,96,120)(H,97,121)(H,98,104)(H,99,105)(H,100,106). The van der Waals surface area contributed by atoms with Gasteiger partial charge >= 0.3 is 53.7 Å². The van der Waals surface area contributed by atoms with Crippen molar-refractivity contribution in [2.75, 3.05) is 224 Å². The van der Waals surface area contributed by atoms with Crippen molar-refractivity contribution in [2.24, 2.45) is 0 Å². The largest absolute Gasteiger partial charge is 0.463 e. The van der Waals surface area contributed by atoms with Crippen molar-refractivity contribution in [3.8, 4) is 6.07 Å². The van der Waals surface area contributed by atoms with Crippen LogP contribution in [-0.4, -0.2) is 449 Å². The Morgan fingerprint density at radius 1 is 0.301 bits per heavy atom. The third-order valence-corrected chi connectivity index (χ3v) is 22.2. The van der Waals surface area contributed by atoms with Gasteiger partial charge in [-0.1, -0.05) is 0 Å². The molecule has 16 atom stereocenters. The van der Waals surface area contributed by atoms with E-state index in [-0.39, 0.29) is 242 Å². The molecule has 0 radical (unpaired) electrons. The zero-order valence-electron chi connectivity index (χ0n) is 86.1. The summed E-state index contributed by atoms with van der Waals surface area (Å²) in [4.78, 5) is 229. The molecule has 0 aromatic rings. The van der Waals surface area contributed by atoms with Crippen molar-refractivity contribution in [2.45, 2.75) is 240 Å². The molecule has 0 saturated carbocycles. The van der Waals surface area contributed by atoms with Gasteiger partial charge in [0.1, 0.15) is 56.3 Å². The first-order valence-corrected chi connectivity index (χ1v) is 49.0. The molecule has 9 N–H and O–H groups in total. The highest BCUT2D eigenvalue weighted by atomic mass is 31.2. The van der Waals surface area contributed by atoms with Crippen LogP contribution in [0, 0.1) is 11.3 Å². The van der Waals surface area contributed by atoms with Crippen LogP contribution in [0.4, 0.5) is 0 Å². The fourth-order valence-electron chi connectivity index (χ4n) is 14.2. The maximum Gasteiger partial charge on any atom is 0.303 e. The van der Waals surface area contributed by atoms with Gasteiger partial charge in [0.25, 0.3) is 8.53 Å². The van der Waals surface area contributed by atoms with Crippen molar-refractivity contribution in [3.05, 3.63) is 0 Å². The lowest BCUT2D eigenvalue weighted by atomic mass is 9.96. The quantitative estimate of drug-likeness (QED) is 0.0121. The van der Waals surface area contributed by atoms with E-state index in [4.69, 9.17) is 113 Å². The summed E-state index contributed by atoms with van der Waals surface area (Å²) < 4.78 is 138. The van der Waals surface area contributed by atoms with Gasteiger partial charge in [0, 0.05) is 173 Å². The van der Waals surface area contributed by atoms with Crippen molar-refractivity contribution in [3.63, 3.8) is 0 Å². The van der Waals surface area contributed by atoms with E-state index in [1.165, 1.54) is 25.7 Å². The number of esters is 9. The molecular weight excluding hydrogens is 1970 g/mol. The third-order valence-electron chi connectivity index (χ3n) is 20.1. The number of hydrogen-bond acceptors (Lipinski definition) is 46. The molecule has 56 heteroatoms. The zero-order chi connectivity index (χ0) is 108. The summed E-state index contributed by atoms with van der Waals surface area (Å²) in [5.41, 5.74) is 0. The highest BCUT2D eigenvalue weighted by Gasteiger charge is 2.55. The number of rotatable bonds is 76. The smallest absolute Gasteiger partial charge is 0.303 e. The number of carbonyl (C=O) groups excluding carboxylic acids is 18. The van der Waals surface area contributed by atoms with E-state index in [0.717, 1.165) is 62.3 Å². The molecule has 3 rings (SSSR count). The van der Waals surface area contributed by atoms with Crippen LogP contribution in [0.3, 0.4) is 0 Å². The third kappa shape index (κ3) is 58.4. The molecule has 0 spiro atoms. The minimum atomic E-state index is -1.59. The van der Waals surface area contributed by atoms with Gasteiger partial charge in [-0.2, -0.15) is 5.26 Å². The number of ether oxygens (including phenoxy) is 22. The molecule has 3 aliphatic rings. The van der Waals surface area contributed by atoms with Crippen LogP contribution in [-0.2, 0) is 200 Å². The fourth-order valence-corrected chi connectivity index (χ4v) is 15.8. The summed E-state index contributed by atoms with van der Waals surface area (Å²) in [6.07, 6.45) is -15.5. The topological polar surface area (TPSA) is 671 Å². The van der Waals surface area contributed by atoms with Crippen molar-refractivity contribution >= 4 is 115 Å². The van der Waals surface area contributed by atoms with E-state index in [1.54, 1.807) is 4.90 Å². The first-order chi connectivity index (χ1) is 69.5. The van der Waals surface area contributed by atoms with E-state index in [0.29, 0.717) is 0 Å². The first-order valence-electron chi connectivity index (χ1n) is 47.8. The van der Waals surface area contributed by atoms with Gasteiger partial charge in [-0.3, -0.25) is 96.1 Å². The van der Waals surface area contributed by atoms with Gasteiger partial charge in [0.05, 0.1) is 158 Å². The minimum absolute atomic E-state index is 0.000595. The number of nitrogens with zero attached hydrogens (tertiary/aromatic N) is 4. The molecular formula is C90H150N13O42P. The second kappa shape index (κ2) is 75.4. The monoisotopic (exact) mass is 2120 g/mol. The Hall–Kier alpha value is -10.3. The fraction of sp³-hybridized carbons (Fsp3) is 0.789. The summed E-state index contributed by atoms with van der Waals surface area (Å²) >= 11 is 0. The Morgan fingerprint density at radius 3 is 0.836 bits per heavy atom. The number of nitrogens with one attached hydrogen (secondary N) is 9. The summed E-state index contributed by atoms with van der Waals surface area (Å²) in [7, 11) is -1.59. The second-order valence-corrected chi connectivity index (χ2v) is 34.7. The Kier molecular flexibility index (Phi) is 67.0. The van der Waals surface area contributed by atoms with Crippen molar-refractivity contribution in [1.29, 1.82) is 5.26 Å². The normalized spacial score (nSPS) is 20.8. The van der Waals surface area contributed by atoms with E-state index < -0.39 is 227 Å². The molecule has 0 aromatic heterocycles. The molecule has 832 valence electrons. The second-order valence-electron chi connectivity index (χ2n) is 33.3. The summed E-state index contributed by atoms with van der Waals surface area (Å²) in [5, 5.41) is 33.5. The predicted octanol–water partition coefficient (Wildman–Crippen LogP) is -4.12. The van der Waals surface area contributed by atoms with Gasteiger partial charge in [-0.05, 0) is 27.7 Å². The van der Waals surface area contributed by atoms with Crippen LogP contribution >= 0.6 is 8.53 Å². The Balaban J connectivity index is 1.68. The zero-order valence-corrected chi connectivity index (χ0v) is 87.0. The van der Waals surface area contributed by atoms with Crippen LogP contribution in [0.1, 0.15) is 136 Å². The van der Waals surface area contributed by atoms with Crippen molar-refractivity contribution in [1.82, 2.24) is 62.3 Å². The predicted molar refractivity (Wildman–Crippen MR) is 502 cm³/mol. The van der Waals surface area contributed by atoms with Gasteiger partial charge in [-0.15, -0.1) is 0 Å². The Morgan fingerprint density at radius 2 is 0.555 bits per heavy atom. The number of amides is 9. The van der Waals surface area contributed by atoms with Gasteiger partial charge in [0.15, 0.2) is 55.5 Å². The van der Waals surface area contributed by atoms with Gasteiger partial charge in [-0.25, -0.2) is 4.67 Å². The van der Waals surface area contributed by atoms with Crippen LogP contribution in [0.15, 0.2) is 0 Å². The number of carbonyl (C=O) groups is 18. The molecule has 0 aromatic carbocycles. The molecule has 0 aliphatic carbocycles. The molecule has 16 unspecified atom stereocenters. The van der Waals surface area contributed by atoms with E-state index in [2.05, 4.69) is 58.6 Å². The Labute approximate surface area is 849 Å². The molecule has 3 saturated heterocycles. The molecule has 146 heavy (non-hydrogen) atoms. The minimum Gasteiger partial charge on any atom is -0.463 e. The molecule has 9 amide bonds. The lowest BCUT2D eigenvalue weighted by Crippen LogP contribution is -2.66. The van der Waals surface area contributed by atoms with Crippen LogP contribution < -0.4 is 47.9 Å². The maximum atomic E-state index is 13.8. The summed E-state index contributed by atoms with van der Waals surface area (Å²) in [6.45, 7) is 19.6.